The van der Waals surface area contributed by atoms with Crippen molar-refractivity contribution in [2.45, 2.75) is 25.4 Å². The molecule has 1 unspecified atom stereocenters. The first-order valence-corrected chi connectivity index (χ1v) is 8.85. The van der Waals surface area contributed by atoms with Crippen molar-refractivity contribution in [2.75, 3.05) is 26.2 Å². The fourth-order valence-electron chi connectivity index (χ4n) is 4.08. The quantitative estimate of drug-likeness (QED) is 0.865. The number of rotatable bonds is 5. The van der Waals surface area contributed by atoms with Gasteiger partial charge in [0.1, 0.15) is 0 Å². The van der Waals surface area contributed by atoms with E-state index in [1.54, 1.807) is 16.8 Å². The summed E-state index contributed by atoms with van der Waals surface area (Å²) in [6.07, 6.45) is 2.55. The lowest BCUT2D eigenvalue weighted by Gasteiger charge is -2.45. The normalized spacial score (nSPS) is 26.1. The molecule has 1 atom stereocenters. The van der Waals surface area contributed by atoms with E-state index in [0.29, 0.717) is 28.6 Å². The number of para-hydroxylation sites is 1. The second-order valence-corrected chi connectivity index (χ2v) is 7.08. The second kappa shape index (κ2) is 6.35. The summed E-state index contributed by atoms with van der Waals surface area (Å²) in [5.41, 5.74) is 0.848. The summed E-state index contributed by atoms with van der Waals surface area (Å²) in [5, 5.41) is 18.4. The summed E-state index contributed by atoms with van der Waals surface area (Å²) in [6, 6.07) is 5.65. The van der Waals surface area contributed by atoms with Crippen LogP contribution in [0.3, 0.4) is 0 Å². The monoisotopic (exact) mass is 348 g/mol. The smallest absolute Gasteiger partial charge is 0.337 e. The molecule has 4 heterocycles. The second-order valence-electron chi connectivity index (χ2n) is 6.72. The molecule has 24 heavy (non-hydrogen) atoms. The van der Waals surface area contributed by atoms with Gasteiger partial charge in [0.05, 0.1) is 17.6 Å². The number of carboxylic acid groups (broad SMARTS) is 1. The number of benzene rings is 1. The van der Waals surface area contributed by atoms with Gasteiger partial charge in [-0.05, 0) is 44.0 Å². The van der Waals surface area contributed by atoms with Gasteiger partial charge < -0.3 is 15.3 Å². The van der Waals surface area contributed by atoms with Crippen LogP contribution in [0.5, 0.6) is 0 Å². The number of carboxylic acids is 1. The van der Waals surface area contributed by atoms with Gasteiger partial charge in [0.15, 0.2) is 5.15 Å². The van der Waals surface area contributed by atoms with E-state index in [0.717, 1.165) is 19.0 Å². The summed E-state index contributed by atoms with van der Waals surface area (Å²) in [7, 11) is 0. The average Bonchev–Trinajstić information content (AvgIpc) is 2.92. The van der Waals surface area contributed by atoms with Crippen molar-refractivity contribution in [1.29, 1.82) is 0 Å². The number of piperidine rings is 3. The zero-order chi connectivity index (χ0) is 16.7. The molecule has 0 aliphatic carbocycles. The Morgan fingerprint density at radius 1 is 1.38 bits per heavy atom. The molecule has 5 rings (SSSR count). The molecule has 1 aromatic carbocycles. The van der Waals surface area contributed by atoms with Crippen molar-refractivity contribution in [2.24, 2.45) is 5.92 Å². The number of nitrogens with zero attached hydrogens (tertiary/aromatic N) is 3. The number of hydrogen-bond acceptors (Lipinski definition) is 4. The van der Waals surface area contributed by atoms with E-state index in [9.17, 15) is 9.90 Å². The number of hydrogen-bond donors (Lipinski definition) is 2. The van der Waals surface area contributed by atoms with Crippen LogP contribution in [0, 0.1) is 5.92 Å². The Labute approximate surface area is 145 Å². The molecule has 1 aromatic heterocycles. The molecule has 2 bridgehead atoms. The number of nitrogens with one attached hydrogen (secondary N) is 1. The summed E-state index contributed by atoms with van der Waals surface area (Å²) in [4.78, 5) is 14.0. The Hall–Kier alpha value is -1.63. The fourth-order valence-corrected chi connectivity index (χ4v) is 4.33. The Morgan fingerprint density at radius 3 is 2.83 bits per heavy atom. The van der Waals surface area contributed by atoms with Gasteiger partial charge in [-0.25, -0.2) is 4.79 Å². The molecule has 2 N–H and O–H groups in total. The van der Waals surface area contributed by atoms with Crippen LogP contribution in [0.25, 0.3) is 10.9 Å². The lowest BCUT2D eigenvalue weighted by Crippen LogP contribution is -2.56. The molecule has 3 aliphatic rings. The molecule has 0 spiro atoms. The first kappa shape index (κ1) is 15.9. The highest BCUT2D eigenvalue weighted by molar-refractivity contribution is 6.34. The van der Waals surface area contributed by atoms with Gasteiger partial charge in [-0.1, -0.05) is 17.7 Å². The third-order valence-electron chi connectivity index (χ3n) is 5.34. The largest absolute Gasteiger partial charge is 0.478 e. The summed E-state index contributed by atoms with van der Waals surface area (Å²) >= 11 is 6.18. The van der Waals surface area contributed by atoms with Crippen molar-refractivity contribution >= 4 is 28.5 Å². The minimum absolute atomic E-state index is 0.245. The molecule has 2 aromatic rings. The summed E-state index contributed by atoms with van der Waals surface area (Å²) in [6.45, 7) is 4.94. The van der Waals surface area contributed by atoms with E-state index in [4.69, 9.17) is 11.6 Å². The standard InChI is InChI=1S/C17H21ClN4O2/c18-16-12-2-1-3-13(17(23)24)15(12)22(20-16)9-6-19-14-10-21-7-4-11(14)5-8-21/h1-3,11,14,19H,4-10H2,(H,23,24). The lowest BCUT2D eigenvalue weighted by molar-refractivity contribution is 0.0698. The maximum atomic E-state index is 11.5. The molecule has 0 saturated carbocycles. The van der Waals surface area contributed by atoms with Crippen molar-refractivity contribution < 1.29 is 9.90 Å². The average molecular weight is 349 g/mol. The predicted molar refractivity (Wildman–Crippen MR) is 92.7 cm³/mol. The number of halogens is 1. The van der Waals surface area contributed by atoms with Crippen LogP contribution in [-0.4, -0.2) is 58.0 Å². The van der Waals surface area contributed by atoms with E-state index in [1.165, 1.54) is 25.9 Å². The van der Waals surface area contributed by atoms with E-state index < -0.39 is 5.97 Å². The highest BCUT2D eigenvalue weighted by Crippen LogP contribution is 2.28. The zero-order valence-corrected chi connectivity index (χ0v) is 14.2. The van der Waals surface area contributed by atoms with Crippen LogP contribution in [0.15, 0.2) is 18.2 Å². The van der Waals surface area contributed by atoms with Crippen molar-refractivity contribution in [3.05, 3.63) is 28.9 Å². The summed E-state index contributed by atoms with van der Waals surface area (Å²) < 4.78 is 1.72. The van der Waals surface area contributed by atoms with Gasteiger partial charge in [0.25, 0.3) is 0 Å². The van der Waals surface area contributed by atoms with Gasteiger partial charge in [0.2, 0.25) is 0 Å². The van der Waals surface area contributed by atoms with Gasteiger partial charge >= 0.3 is 5.97 Å². The third-order valence-corrected chi connectivity index (χ3v) is 5.62. The van der Waals surface area contributed by atoms with Crippen molar-refractivity contribution in [1.82, 2.24) is 20.0 Å². The maximum absolute atomic E-state index is 11.5. The minimum Gasteiger partial charge on any atom is -0.478 e. The lowest BCUT2D eigenvalue weighted by atomic mass is 9.84. The molecule has 6 nitrogen and oxygen atoms in total. The molecule has 0 radical (unpaired) electrons. The van der Waals surface area contributed by atoms with Crippen molar-refractivity contribution in [3.8, 4) is 0 Å². The van der Waals surface area contributed by atoms with E-state index >= 15 is 0 Å². The van der Waals surface area contributed by atoms with Crippen LogP contribution in [0.2, 0.25) is 5.15 Å². The third kappa shape index (κ3) is 2.79. The fraction of sp³-hybridized carbons (Fsp3) is 0.529. The van der Waals surface area contributed by atoms with Crippen LogP contribution in [0.1, 0.15) is 23.2 Å². The maximum Gasteiger partial charge on any atom is 0.337 e. The number of aromatic carboxylic acids is 1. The van der Waals surface area contributed by atoms with Gasteiger partial charge in [0, 0.05) is 24.5 Å². The Balaban J connectivity index is 1.49. The molecule has 3 fully saturated rings. The Kier molecular flexibility index (Phi) is 4.20. The van der Waals surface area contributed by atoms with Crippen LogP contribution >= 0.6 is 11.6 Å². The molecular formula is C17H21ClN4O2. The number of fused-ring (bicyclic) bond motifs is 4. The first-order chi connectivity index (χ1) is 11.6. The highest BCUT2D eigenvalue weighted by atomic mass is 35.5. The van der Waals surface area contributed by atoms with Crippen LogP contribution in [-0.2, 0) is 6.54 Å². The van der Waals surface area contributed by atoms with Gasteiger partial charge in [-0.3, -0.25) is 4.68 Å². The first-order valence-electron chi connectivity index (χ1n) is 8.47. The number of carbonyl (C=O) groups is 1. The van der Waals surface area contributed by atoms with E-state index in [2.05, 4.69) is 15.3 Å². The molecule has 0 amide bonds. The molecule has 128 valence electrons. The molecule has 3 aliphatic heterocycles. The van der Waals surface area contributed by atoms with E-state index in [-0.39, 0.29) is 5.56 Å². The SMILES string of the molecule is O=C(O)c1cccc2c(Cl)nn(CCNC3CN4CCC3CC4)c12. The van der Waals surface area contributed by atoms with Gasteiger partial charge in [-0.2, -0.15) is 5.10 Å². The Morgan fingerprint density at radius 2 is 2.17 bits per heavy atom. The predicted octanol–water partition coefficient (Wildman–Crippen LogP) is 2.07. The topological polar surface area (TPSA) is 70.4 Å². The van der Waals surface area contributed by atoms with Crippen LogP contribution in [0.4, 0.5) is 0 Å². The Bertz CT molecular complexity index is 767. The molecule has 3 saturated heterocycles. The molecular weight excluding hydrogens is 328 g/mol. The van der Waals surface area contributed by atoms with Gasteiger partial charge in [-0.15, -0.1) is 0 Å². The molecule has 7 heteroatoms. The zero-order valence-electron chi connectivity index (χ0n) is 13.4. The van der Waals surface area contributed by atoms with Crippen molar-refractivity contribution in [3.63, 3.8) is 0 Å². The van der Waals surface area contributed by atoms with E-state index in [1.807, 2.05) is 6.07 Å². The number of aromatic nitrogens is 2. The van der Waals surface area contributed by atoms with Crippen LogP contribution < -0.4 is 5.32 Å². The minimum atomic E-state index is -0.955. The highest BCUT2D eigenvalue weighted by Gasteiger charge is 2.33. The summed E-state index contributed by atoms with van der Waals surface area (Å²) in [5.74, 6) is -0.189.